The number of hydrogen-bond donors (Lipinski definition) is 1. The first-order valence-electron chi connectivity index (χ1n) is 6.30. The van der Waals surface area contributed by atoms with E-state index in [1.54, 1.807) is 19.2 Å². The highest BCUT2D eigenvalue weighted by Gasteiger charge is 2.42. The zero-order chi connectivity index (χ0) is 17.2. The third kappa shape index (κ3) is 3.33. The van der Waals surface area contributed by atoms with Crippen LogP contribution < -0.4 is 5.32 Å². The molecule has 0 atom stereocenters. The molecule has 0 saturated heterocycles. The smallest absolute Gasteiger partial charge is 0.321 e. The number of halogens is 7. The minimum Gasteiger partial charge on any atom is -0.321 e. The molecular formula is C13H12F7NO. The van der Waals surface area contributed by atoms with Crippen LogP contribution in [0.3, 0.4) is 0 Å². The summed E-state index contributed by atoms with van der Waals surface area (Å²) in [5.41, 5.74) is -4.25. The van der Waals surface area contributed by atoms with Gasteiger partial charge in [0.15, 0.2) is 23.3 Å². The summed E-state index contributed by atoms with van der Waals surface area (Å²) in [6.45, 7) is 3.18. The van der Waals surface area contributed by atoms with Crippen molar-refractivity contribution in [3.63, 3.8) is 0 Å². The molecule has 1 aromatic rings. The molecule has 0 unspecified atom stereocenters. The van der Waals surface area contributed by atoms with Crippen LogP contribution in [0.1, 0.15) is 32.3 Å². The molecule has 9 heteroatoms. The van der Waals surface area contributed by atoms with Crippen molar-refractivity contribution in [3.05, 3.63) is 28.8 Å². The molecular weight excluding hydrogens is 319 g/mol. The first-order chi connectivity index (χ1) is 10.1. The Morgan fingerprint density at radius 1 is 0.955 bits per heavy atom. The normalized spacial score (nSPS) is 11.9. The largest absolute Gasteiger partial charge is 0.422 e. The van der Waals surface area contributed by atoms with Crippen LogP contribution in [0, 0.1) is 29.2 Å². The molecule has 22 heavy (non-hydrogen) atoms. The van der Waals surface area contributed by atoms with E-state index in [2.05, 4.69) is 0 Å². The van der Waals surface area contributed by atoms with Crippen molar-refractivity contribution < 1.29 is 35.5 Å². The SMILES string of the molecule is CCC(CC)C(=O)Nc1c(F)c(F)c(C(F)(F)F)c(F)c1F. The number of nitrogens with one attached hydrogen (secondary N) is 1. The maximum atomic E-state index is 13.6. The predicted molar refractivity (Wildman–Crippen MR) is 64.0 cm³/mol. The summed E-state index contributed by atoms with van der Waals surface area (Å²) >= 11 is 0. The number of carbonyl (C=O) groups is 1. The molecule has 1 rings (SSSR count). The van der Waals surface area contributed by atoms with Gasteiger partial charge in [0.1, 0.15) is 11.3 Å². The quantitative estimate of drug-likeness (QED) is 0.632. The van der Waals surface area contributed by atoms with E-state index in [1.165, 1.54) is 0 Å². The van der Waals surface area contributed by atoms with Crippen LogP contribution in [0.5, 0.6) is 0 Å². The number of rotatable bonds is 4. The fourth-order valence-electron chi connectivity index (χ4n) is 1.88. The Labute approximate surface area is 121 Å². The maximum absolute atomic E-state index is 13.6. The maximum Gasteiger partial charge on any atom is 0.422 e. The van der Waals surface area contributed by atoms with Crippen molar-refractivity contribution in [2.45, 2.75) is 32.9 Å². The second-order valence-corrected chi connectivity index (χ2v) is 4.51. The summed E-state index contributed by atoms with van der Waals surface area (Å²) in [7, 11) is 0. The summed E-state index contributed by atoms with van der Waals surface area (Å²) in [6.07, 6.45) is -5.07. The van der Waals surface area contributed by atoms with Gasteiger partial charge in [0, 0.05) is 5.92 Å². The van der Waals surface area contributed by atoms with Gasteiger partial charge >= 0.3 is 6.18 Å². The van der Waals surface area contributed by atoms with Crippen LogP contribution in [-0.4, -0.2) is 5.91 Å². The van der Waals surface area contributed by atoms with Crippen molar-refractivity contribution in [3.8, 4) is 0 Å². The Morgan fingerprint density at radius 2 is 1.36 bits per heavy atom. The van der Waals surface area contributed by atoms with E-state index in [1.807, 2.05) is 0 Å². The standard InChI is InChI=1S/C13H12F7NO/c1-3-5(4-2)12(22)21-11-9(16)7(14)6(13(18,19)20)8(15)10(11)17/h5H,3-4H2,1-2H3,(H,21,22). The van der Waals surface area contributed by atoms with Crippen molar-refractivity contribution in [2.75, 3.05) is 5.32 Å². The lowest BCUT2D eigenvalue weighted by atomic mass is 10.0. The van der Waals surface area contributed by atoms with Gasteiger partial charge in [0.25, 0.3) is 0 Å². The van der Waals surface area contributed by atoms with Gasteiger partial charge in [-0.15, -0.1) is 0 Å². The third-order valence-corrected chi connectivity index (χ3v) is 3.15. The second kappa shape index (κ2) is 6.53. The van der Waals surface area contributed by atoms with Crippen LogP contribution in [0.4, 0.5) is 36.4 Å². The average Bonchev–Trinajstić information content (AvgIpc) is 2.41. The highest BCUT2D eigenvalue weighted by atomic mass is 19.4. The molecule has 2 nitrogen and oxygen atoms in total. The number of anilines is 1. The van der Waals surface area contributed by atoms with Crippen LogP contribution in [0.25, 0.3) is 0 Å². The molecule has 124 valence electrons. The number of benzene rings is 1. The van der Waals surface area contributed by atoms with Gasteiger partial charge in [0.05, 0.1) is 0 Å². The molecule has 0 spiro atoms. The molecule has 0 radical (unpaired) electrons. The molecule has 1 amide bonds. The summed E-state index contributed by atoms with van der Waals surface area (Å²) in [4.78, 5) is 11.7. The minimum absolute atomic E-state index is 0.275. The van der Waals surface area contributed by atoms with Gasteiger partial charge in [-0.1, -0.05) is 13.8 Å². The number of hydrogen-bond acceptors (Lipinski definition) is 1. The van der Waals surface area contributed by atoms with Gasteiger partial charge in [-0.05, 0) is 12.8 Å². The molecule has 0 aliphatic rings. The molecule has 0 aromatic heterocycles. The van der Waals surface area contributed by atoms with Gasteiger partial charge in [-0.3, -0.25) is 4.79 Å². The van der Waals surface area contributed by atoms with E-state index in [0.29, 0.717) is 0 Å². The molecule has 0 fully saturated rings. The Hall–Kier alpha value is -1.80. The fraction of sp³-hybridized carbons (Fsp3) is 0.462. The van der Waals surface area contributed by atoms with E-state index in [-0.39, 0.29) is 12.8 Å². The van der Waals surface area contributed by atoms with Crippen molar-refractivity contribution in [2.24, 2.45) is 5.92 Å². The zero-order valence-electron chi connectivity index (χ0n) is 11.5. The van der Waals surface area contributed by atoms with E-state index in [9.17, 15) is 35.5 Å². The number of carbonyl (C=O) groups excluding carboxylic acids is 1. The lowest BCUT2D eigenvalue weighted by molar-refractivity contribution is -0.143. The van der Waals surface area contributed by atoms with E-state index >= 15 is 0 Å². The minimum atomic E-state index is -5.62. The third-order valence-electron chi connectivity index (χ3n) is 3.15. The molecule has 1 N–H and O–H groups in total. The topological polar surface area (TPSA) is 29.1 Å². The van der Waals surface area contributed by atoms with E-state index in [4.69, 9.17) is 0 Å². The molecule has 0 aliphatic carbocycles. The van der Waals surface area contributed by atoms with Crippen molar-refractivity contribution >= 4 is 11.6 Å². The van der Waals surface area contributed by atoms with Crippen molar-refractivity contribution in [1.29, 1.82) is 0 Å². The van der Waals surface area contributed by atoms with Crippen LogP contribution in [0.15, 0.2) is 0 Å². The molecule has 0 aliphatic heterocycles. The Morgan fingerprint density at radius 3 is 1.68 bits per heavy atom. The van der Waals surface area contributed by atoms with Crippen LogP contribution >= 0.6 is 0 Å². The first-order valence-corrected chi connectivity index (χ1v) is 6.30. The van der Waals surface area contributed by atoms with Gasteiger partial charge in [-0.2, -0.15) is 13.2 Å². The van der Waals surface area contributed by atoms with Gasteiger partial charge < -0.3 is 5.32 Å². The highest BCUT2D eigenvalue weighted by molar-refractivity contribution is 5.92. The Kier molecular flexibility index (Phi) is 5.42. The Bertz CT molecular complexity index is 550. The van der Waals surface area contributed by atoms with E-state index < -0.39 is 52.5 Å². The highest BCUT2D eigenvalue weighted by Crippen LogP contribution is 2.38. The lowest BCUT2D eigenvalue weighted by Gasteiger charge is -2.17. The van der Waals surface area contributed by atoms with Gasteiger partial charge in [-0.25, -0.2) is 17.6 Å². The lowest BCUT2D eigenvalue weighted by Crippen LogP contribution is -2.25. The zero-order valence-corrected chi connectivity index (χ0v) is 11.5. The Balaban J connectivity index is 3.38. The second-order valence-electron chi connectivity index (χ2n) is 4.51. The van der Waals surface area contributed by atoms with E-state index in [0.717, 1.165) is 0 Å². The summed E-state index contributed by atoms with van der Waals surface area (Å²) in [6, 6.07) is 0. The molecule has 0 saturated carbocycles. The number of amides is 1. The summed E-state index contributed by atoms with van der Waals surface area (Å²) < 4.78 is 91.1. The van der Waals surface area contributed by atoms with Crippen molar-refractivity contribution in [1.82, 2.24) is 0 Å². The van der Waals surface area contributed by atoms with Crippen LogP contribution in [-0.2, 0) is 11.0 Å². The molecule has 1 aromatic carbocycles. The summed E-state index contributed by atoms with van der Waals surface area (Å²) in [5.74, 6) is -11.5. The first kappa shape index (κ1) is 18.2. The fourth-order valence-corrected chi connectivity index (χ4v) is 1.88. The molecule has 0 heterocycles. The predicted octanol–water partition coefficient (Wildman–Crippen LogP) is 4.64. The molecule has 0 bridgehead atoms. The monoisotopic (exact) mass is 331 g/mol. The van der Waals surface area contributed by atoms with Crippen LogP contribution in [0.2, 0.25) is 0 Å². The average molecular weight is 331 g/mol. The summed E-state index contributed by atoms with van der Waals surface area (Å²) in [5, 5.41) is 1.60. The van der Waals surface area contributed by atoms with Gasteiger partial charge in [0.2, 0.25) is 5.91 Å². The number of alkyl halides is 3.